The van der Waals surface area contributed by atoms with E-state index in [4.69, 9.17) is 0 Å². The second kappa shape index (κ2) is 4.58. The fourth-order valence-electron chi connectivity index (χ4n) is 2.52. The van der Waals surface area contributed by atoms with E-state index in [-0.39, 0.29) is 11.3 Å². The van der Waals surface area contributed by atoms with Crippen LogP contribution in [0.25, 0.3) is 22.2 Å². The lowest BCUT2D eigenvalue weighted by molar-refractivity contribution is 0.359. The van der Waals surface area contributed by atoms with E-state index in [9.17, 15) is 5.11 Å². The van der Waals surface area contributed by atoms with Crippen LogP contribution in [-0.2, 0) is 5.54 Å². The third-order valence-electron chi connectivity index (χ3n) is 3.55. The maximum atomic E-state index is 10.2. The number of aromatic nitrogens is 3. The van der Waals surface area contributed by atoms with Gasteiger partial charge in [0.05, 0.1) is 11.1 Å². The number of fused-ring (bicyclic) bond motifs is 1. The molecule has 4 nitrogen and oxygen atoms in total. The minimum absolute atomic E-state index is 0.176. The molecule has 0 aliphatic heterocycles. The largest absolute Gasteiger partial charge is 0.507 e. The predicted octanol–water partition coefficient (Wildman–Crippen LogP) is 3.87. The molecule has 0 unspecified atom stereocenters. The summed E-state index contributed by atoms with van der Waals surface area (Å²) in [7, 11) is 0. The molecular weight excluding hydrogens is 262 g/mol. The normalized spacial score (nSPS) is 12.0. The van der Waals surface area contributed by atoms with E-state index in [0.29, 0.717) is 0 Å². The van der Waals surface area contributed by atoms with Crippen molar-refractivity contribution in [3.8, 4) is 16.9 Å². The molecule has 0 amide bonds. The third kappa shape index (κ3) is 2.27. The summed E-state index contributed by atoms with van der Waals surface area (Å²) in [6.07, 6.45) is 0. The van der Waals surface area contributed by atoms with Crippen LogP contribution in [-0.4, -0.2) is 20.1 Å². The zero-order chi connectivity index (χ0) is 15.2. The Balaban J connectivity index is 2.38. The number of aromatic hydroxyl groups is 1. The van der Waals surface area contributed by atoms with E-state index in [1.807, 2.05) is 41.9 Å². The van der Waals surface area contributed by atoms with Gasteiger partial charge in [0.25, 0.3) is 0 Å². The van der Waals surface area contributed by atoms with Gasteiger partial charge in [-0.3, -0.25) is 0 Å². The Labute approximate surface area is 124 Å². The summed E-state index contributed by atoms with van der Waals surface area (Å²) < 4.78 is 1.92. The van der Waals surface area contributed by atoms with Crippen molar-refractivity contribution in [3.05, 3.63) is 42.0 Å². The summed E-state index contributed by atoms with van der Waals surface area (Å²) >= 11 is 0. The molecule has 4 heteroatoms. The van der Waals surface area contributed by atoms with Crippen LogP contribution in [0.1, 0.15) is 26.3 Å². The average molecular weight is 281 g/mol. The summed E-state index contributed by atoms with van der Waals surface area (Å²) in [6.45, 7) is 8.29. The van der Waals surface area contributed by atoms with Gasteiger partial charge in [0, 0.05) is 11.1 Å². The molecule has 2 aromatic carbocycles. The maximum absolute atomic E-state index is 10.2. The van der Waals surface area contributed by atoms with Crippen LogP contribution in [0.3, 0.4) is 0 Å². The van der Waals surface area contributed by atoms with Crippen LogP contribution in [0, 0.1) is 6.92 Å². The summed E-state index contributed by atoms with van der Waals surface area (Å²) in [5.74, 6) is 0.273. The molecule has 0 saturated heterocycles. The lowest BCUT2D eigenvalue weighted by Crippen LogP contribution is -2.23. The van der Waals surface area contributed by atoms with Crippen LogP contribution in [0.15, 0.2) is 36.4 Å². The molecule has 0 atom stereocenters. The molecule has 1 N–H and O–H groups in total. The minimum atomic E-state index is -0.176. The fourth-order valence-corrected chi connectivity index (χ4v) is 2.52. The van der Waals surface area contributed by atoms with Gasteiger partial charge in [0.2, 0.25) is 0 Å². The van der Waals surface area contributed by atoms with Crippen LogP contribution >= 0.6 is 0 Å². The van der Waals surface area contributed by atoms with Crippen molar-refractivity contribution in [2.75, 3.05) is 0 Å². The Bertz CT molecular complexity index is 813. The van der Waals surface area contributed by atoms with Crippen molar-refractivity contribution in [3.63, 3.8) is 0 Å². The highest BCUT2D eigenvalue weighted by molar-refractivity contribution is 5.93. The lowest BCUT2D eigenvalue weighted by Gasteiger charge is -2.20. The minimum Gasteiger partial charge on any atom is -0.507 e. The van der Waals surface area contributed by atoms with Gasteiger partial charge < -0.3 is 5.11 Å². The van der Waals surface area contributed by atoms with Gasteiger partial charge in [-0.15, -0.1) is 5.10 Å². The molecule has 0 fully saturated rings. The van der Waals surface area contributed by atoms with Gasteiger partial charge >= 0.3 is 0 Å². The highest BCUT2D eigenvalue weighted by Gasteiger charge is 2.21. The van der Waals surface area contributed by atoms with Gasteiger partial charge in [0.1, 0.15) is 11.3 Å². The second-order valence-electron chi connectivity index (χ2n) is 6.37. The highest BCUT2D eigenvalue weighted by atomic mass is 16.3. The van der Waals surface area contributed by atoms with Crippen LogP contribution in [0.2, 0.25) is 0 Å². The zero-order valence-corrected chi connectivity index (χ0v) is 12.8. The summed E-state index contributed by atoms with van der Waals surface area (Å²) in [5.41, 5.74) is 4.48. The van der Waals surface area contributed by atoms with E-state index in [2.05, 4.69) is 31.1 Å². The van der Waals surface area contributed by atoms with Crippen molar-refractivity contribution >= 4 is 11.0 Å². The first-order chi connectivity index (χ1) is 9.88. The highest BCUT2D eigenvalue weighted by Crippen LogP contribution is 2.35. The van der Waals surface area contributed by atoms with Crippen molar-refractivity contribution in [1.82, 2.24) is 15.0 Å². The number of aryl methyl sites for hydroxylation is 1. The molecule has 1 aromatic heterocycles. The Kier molecular flexibility index (Phi) is 2.97. The zero-order valence-electron chi connectivity index (χ0n) is 12.8. The molecule has 0 bridgehead atoms. The quantitative estimate of drug-likeness (QED) is 0.736. The van der Waals surface area contributed by atoms with E-state index in [0.717, 1.165) is 27.7 Å². The molecule has 0 spiro atoms. The number of hydrogen-bond donors (Lipinski definition) is 1. The van der Waals surface area contributed by atoms with Gasteiger partial charge in [-0.25, -0.2) is 4.68 Å². The SMILES string of the molecule is Cc1ccc(O)c(-c2cccc3nnn(C(C)(C)C)c23)c1. The molecule has 21 heavy (non-hydrogen) atoms. The lowest BCUT2D eigenvalue weighted by atomic mass is 9.99. The number of benzene rings is 2. The number of para-hydroxylation sites is 1. The Morgan fingerprint density at radius 3 is 2.52 bits per heavy atom. The number of hydrogen-bond acceptors (Lipinski definition) is 3. The van der Waals surface area contributed by atoms with Gasteiger partial charge in [-0.2, -0.15) is 0 Å². The third-order valence-corrected chi connectivity index (χ3v) is 3.55. The first kappa shape index (κ1) is 13.6. The monoisotopic (exact) mass is 281 g/mol. The molecule has 108 valence electrons. The van der Waals surface area contributed by atoms with Gasteiger partial charge in [-0.1, -0.05) is 29.0 Å². The molecule has 0 radical (unpaired) electrons. The van der Waals surface area contributed by atoms with E-state index in [1.165, 1.54) is 0 Å². The molecule has 0 aliphatic carbocycles. The molecule has 0 aliphatic rings. The van der Waals surface area contributed by atoms with E-state index < -0.39 is 0 Å². The number of rotatable bonds is 1. The van der Waals surface area contributed by atoms with Crippen LogP contribution in [0.4, 0.5) is 0 Å². The second-order valence-corrected chi connectivity index (χ2v) is 6.37. The maximum Gasteiger partial charge on any atom is 0.123 e. The summed E-state index contributed by atoms with van der Waals surface area (Å²) in [4.78, 5) is 0. The Hall–Kier alpha value is -2.36. The topological polar surface area (TPSA) is 50.9 Å². The van der Waals surface area contributed by atoms with Crippen molar-refractivity contribution in [2.45, 2.75) is 33.2 Å². The summed E-state index contributed by atoms with van der Waals surface area (Å²) in [5, 5.41) is 18.8. The first-order valence-corrected chi connectivity index (χ1v) is 7.03. The molecule has 1 heterocycles. The van der Waals surface area contributed by atoms with Gasteiger partial charge in [-0.05, 0) is 45.9 Å². The molecule has 0 saturated carbocycles. The van der Waals surface area contributed by atoms with E-state index >= 15 is 0 Å². The number of nitrogens with zero attached hydrogens (tertiary/aromatic N) is 3. The fraction of sp³-hybridized carbons (Fsp3) is 0.294. The van der Waals surface area contributed by atoms with Crippen LogP contribution in [0.5, 0.6) is 5.75 Å². The van der Waals surface area contributed by atoms with Crippen molar-refractivity contribution in [1.29, 1.82) is 0 Å². The Morgan fingerprint density at radius 1 is 1.05 bits per heavy atom. The molecule has 3 aromatic rings. The number of phenolic OH excluding ortho intramolecular Hbond substituents is 1. The Morgan fingerprint density at radius 2 is 1.81 bits per heavy atom. The molecular formula is C17H19N3O. The predicted molar refractivity (Wildman–Crippen MR) is 84.4 cm³/mol. The standard InChI is InChI=1S/C17H19N3O/c1-11-8-9-15(21)13(10-11)12-6-5-7-14-16(12)20(19-18-14)17(2,3)4/h5-10,21H,1-4H3. The van der Waals surface area contributed by atoms with Crippen molar-refractivity contribution < 1.29 is 5.11 Å². The van der Waals surface area contributed by atoms with Gasteiger partial charge in [0.15, 0.2) is 0 Å². The smallest absolute Gasteiger partial charge is 0.123 e. The first-order valence-electron chi connectivity index (χ1n) is 7.03. The van der Waals surface area contributed by atoms with Crippen LogP contribution < -0.4 is 0 Å². The van der Waals surface area contributed by atoms with Crippen molar-refractivity contribution in [2.24, 2.45) is 0 Å². The number of phenols is 1. The molecule has 3 rings (SSSR count). The average Bonchev–Trinajstić information content (AvgIpc) is 2.85. The summed E-state index contributed by atoms with van der Waals surface area (Å²) in [6, 6.07) is 11.5. The van der Waals surface area contributed by atoms with E-state index in [1.54, 1.807) is 6.07 Å².